The molecule has 9 heterocycles. The van der Waals surface area contributed by atoms with Crippen molar-refractivity contribution >= 4 is 208 Å². The molecule has 13 heteroatoms. The summed E-state index contributed by atoms with van der Waals surface area (Å²) in [7, 11) is 0. The van der Waals surface area contributed by atoms with Gasteiger partial charge in [0.25, 0.3) is 0 Å². The molecule has 0 spiro atoms. The summed E-state index contributed by atoms with van der Waals surface area (Å²) in [6, 6.07) is 141. The highest BCUT2D eigenvalue weighted by Crippen LogP contribution is 2.47. The topological polar surface area (TPSA) is 125 Å². The van der Waals surface area contributed by atoms with Gasteiger partial charge in [-0.25, -0.2) is 9.69 Å². The molecule has 0 fully saturated rings. The predicted molar refractivity (Wildman–Crippen MR) is 539 cm³/mol. The third kappa shape index (κ3) is 11.4. The number of nitriles is 2. The van der Waals surface area contributed by atoms with Crippen LogP contribution < -0.4 is 0 Å². The molecule has 0 atom stereocenters. The third-order valence-corrected chi connectivity index (χ3v) is 26.7. The van der Waals surface area contributed by atoms with Crippen LogP contribution in [0.4, 0.5) is 11.4 Å². The summed E-state index contributed by atoms with van der Waals surface area (Å²) < 4.78 is 33.4. The van der Waals surface area contributed by atoms with Crippen LogP contribution in [0.5, 0.6) is 0 Å². The summed E-state index contributed by atoms with van der Waals surface area (Å²) in [5.74, 6) is 0. The minimum Gasteiger partial charge on any atom is -0.456 e. The van der Waals surface area contributed by atoms with Crippen molar-refractivity contribution < 1.29 is 13.3 Å². The molecule has 132 heavy (non-hydrogen) atoms. The van der Waals surface area contributed by atoms with Gasteiger partial charge >= 0.3 is 0 Å². The number of aromatic nitrogens is 6. The third-order valence-electron chi connectivity index (χ3n) is 26.7. The average molecular weight is 1690 g/mol. The van der Waals surface area contributed by atoms with Gasteiger partial charge in [0.1, 0.15) is 22.3 Å². The Bertz CT molecular complexity index is 9990. The van der Waals surface area contributed by atoms with Crippen molar-refractivity contribution in [1.82, 2.24) is 27.4 Å². The molecule has 13 nitrogen and oxygen atoms in total. The lowest BCUT2D eigenvalue weighted by molar-refractivity contribution is 0.666. The molecule has 0 aliphatic heterocycles. The Morgan fingerprint density at radius 1 is 0.220 bits per heavy atom. The van der Waals surface area contributed by atoms with E-state index in [2.05, 4.69) is 335 Å². The molecule has 0 amide bonds. The van der Waals surface area contributed by atoms with Crippen LogP contribution in [-0.2, 0) is 0 Å². The van der Waals surface area contributed by atoms with Crippen LogP contribution in [0.15, 0.2) is 408 Å². The Kier molecular flexibility index (Phi) is 16.5. The van der Waals surface area contributed by atoms with Crippen molar-refractivity contribution in [3.63, 3.8) is 0 Å². The van der Waals surface area contributed by atoms with Crippen LogP contribution in [0.3, 0.4) is 0 Å². The molecule has 0 aliphatic carbocycles. The minimum atomic E-state index is 0.620. The highest BCUT2D eigenvalue weighted by atomic mass is 16.3. The molecule has 28 rings (SSSR count). The summed E-state index contributed by atoms with van der Waals surface area (Å²) in [6.07, 6.45) is 0. The fourth-order valence-corrected chi connectivity index (χ4v) is 20.9. The first-order valence-corrected chi connectivity index (χ1v) is 43.8. The standard InChI is InChI=1S/C44H24N4O.C38H20N4O.C37H24N2O/c1-46-30-13-18-42-36(23-30)35-22-29(28-7-3-2-4-8-28)12-17-41(35)48(42)32-15-20-44-38(25-32)37-24-31(14-19-43(37)49-44)47-39-10-6-5-9-33(39)34-21-27(26-45)11-16-40(34)47;1-40-24-14-17-35-30(20-24)27-8-3-5-11-33(27)42(35)36-12-6-9-28-31-21-25(15-18-37(31)43-38(28)36)41-32-10-4-2-7-26(32)29-19-23(22-39)13-16-34(29)41;1-23-17-19-34-29(21-23)27-11-4-7-15-33(27)39(34)35-16-8-12-28-30-22-24(18-20-36(30)40-37(28)35)38-31-13-5-2-9-25(31)26-10-3-6-14-32(26)38/h2-25H;2-21H;2-22H,1H3. The number of hydrogen-bond donors (Lipinski definition) is 0. The second kappa shape index (κ2) is 29.2. The van der Waals surface area contributed by atoms with Gasteiger partial charge in [-0.15, -0.1) is 0 Å². The molecule has 0 aliphatic rings. The van der Waals surface area contributed by atoms with Gasteiger partial charge < -0.3 is 40.7 Å². The highest BCUT2D eigenvalue weighted by Gasteiger charge is 2.26. The first kappa shape index (κ1) is 74.7. The van der Waals surface area contributed by atoms with Crippen molar-refractivity contribution in [2.75, 3.05) is 0 Å². The summed E-state index contributed by atoms with van der Waals surface area (Å²) in [6.45, 7) is 17.4. The number of furan rings is 3. The van der Waals surface area contributed by atoms with Crippen LogP contribution in [0.25, 0.3) is 252 Å². The number of para-hydroxylation sites is 8. The number of hydrogen-bond acceptors (Lipinski definition) is 5. The van der Waals surface area contributed by atoms with E-state index >= 15 is 0 Å². The Morgan fingerprint density at radius 3 is 0.917 bits per heavy atom. The molecule has 0 radical (unpaired) electrons. The van der Waals surface area contributed by atoms with Gasteiger partial charge in [0.05, 0.1) is 114 Å². The predicted octanol–water partition coefficient (Wildman–Crippen LogP) is 32.2. The van der Waals surface area contributed by atoms with Crippen LogP contribution in [0.1, 0.15) is 16.7 Å². The van der Waals surface area contributed by atoms with Crippen LogP contribution in [-0.4, -0.2) is 27.4 Å². The second-order valence-electron chi connectivity index (χ2n) is 33.9. The number of fused-ring (bicyclic) bond motifs is 27. The zero-order valence-electron chi connectivity index (χ0n) is 70.7. The summed E-state index contributed by atoms with van der Waals surface area (Å²) in [4.78, 5) is 7.42. The van der Waals surface area contributed by atoms with Crippen molar-refractivity contribution in [2.45, 2.75) is 6.92 Å². The fourth-order valence-electron chi connectivity index (χ4n) is 20.9. The number of nitrogens with zero attached hydrogens (tertiary/aromatic N) is 10. The number of benzene rings is 19. The van der Waals surface area contributed by atoms with Gasteiger partial charge in [-0.2, -0.15) is 10.5 Å². The molecule has 0 unspecified atom stereocenters. The Labute approximate surface area is 752 Å². The van der Waals surface area contributed by atoms with E-state index in [0.717, 1.165) is 198 Å². The van der Waals surface area contributed by atoms with Crippen molar-refractivity contribution in [1.29, 1.82) is 10.5 Å². The highest BCUT2D eigenvalue weighted by molar-refractivity contribution is 6.19. The van der Waals surface area contributed by atoms with E-state index in [0.29, 0.717) is 22.5 Å². The molecule has 612 valence electrons. The van der Waals surface area contributed by atoms with E-state index in [9.17, 15) is 10.5 Å². The summed E-state index contributed by atoms with van der Waals surface area (Å²) in [5, 5.41) is 39.2. The lowest BCUT2D eigenvalue weighted by Gasteiger charge is -2.09. The Morgan fingerprint density at radius 2 is 0.515 bits per heavy atom. The molecule has 28 aromatic rings. The normalized spacial score (nSPS) is 11.8. The van der Waals surface area contributed by atoms with Crippen molar-refractivity contribution in [3.8, 4) is 57.4 Å². The molecular weight excluding hydrogens is 1620 g/mol. The maximum Gasteiger partial charge on any atom is 0.188 e. The van der Waals surface area contributed by atoms with E-state index < -0.39 is 0 Å². The zero-order valence-corrected chi connectivity index (χ0v) is 70.7. The molecule has 0 bridgehead atoms. The molecular formula is C119H68N10O3. The second-order valence-corrected chi connectivity index (χ2v) is 33.9. The molecule has 19 aromatic carbocycles. The largest absolute Gasteiger partial charge is 0.456 e. The number of rotatable bonds is 7. The average Bonchev–Trinajstić information content (AvgIpc) is 1.58. The minimum absolute atomic E-state index is 0.620. The van der Waals surface area contributed by atoms with E-state index in [1.165, 1.54) is 49.2 Å². The SMILES string of the molecule is Cc1ccc2c(c1)c1ccccc1n2-c1cccc2c1oc1ccc(-n3c4ccccc4c4ccccc43)cc12.[C-]#[N+]c1ccc2c(c1)c1cc(-c3ccccc3)ccc1n2-c1ccc2oc3ccc(-n4c5ccccc5c5cc(C#N)ccc54)cc3c2c1.[C-]#[N+]c1ccc2c(c1)c1ccccc1n2-c1cccc2c1oc1ccc(-n3c4ccccc4c4cc(C#N)ccc43)cc12. The van der Waals surface area contributed by atoms with Crippen LogP contribution in [0.2, 0.25) is 0 Å². The lowest BCUT2D eigenvalue weighted by atomic mass is 10.0. The molecule has 0 N–H and O–H groups in total. The molecule has 0 saturated carbocycles. The van der Waals surface area contributed by atoms with Gasteiger partial charge in [0.2, 0.25) is 0 Å². The van der Waals surface area contributed by atoms with Crippen LogP contribution >= 0.6 is 0 Å². The van der Waals surface area contributed by atoms with E-state index in [-0.39, 0.29) is 0 Å². The Balaban J connectivity index is 0.000000104. The van der Waals surface area contributed by atoms with Gasteiger partial charge in [-0.3, -0.25) is 0 Å². The quantitative estimate of drug-likeness (QED) is 0.147. The zero-order chi connectivity index (χ0) is 87.7. The summed E-state index contributed by atoms with van der Waals surface area (Å²) in [5.41, 5.74) is 30.6. The van der Waals surface area contributed by atoms with Gasteiger partial charge in [-0.1, -0.05) is 194 Å². The van der Waals surface area contributed by atoms with Gasteiger partial charge in [0.15, 0.2) is 22.5 Å². The van der Waals surface area contributed by atoms with Crippen molar-refractivity contribution in [2.24, 2.45) is 0 Å². The lowest BCUT2D eigenvalue weighted by Crippen LogP contribution is -1.94. The van der Waals surface area contributed by atoms with Gasteiger partial charge in [-0.05, 0) is 235 Å². The first-order valence-electron chi connectivity index (χ1n) is 43.8. The maximum absolute atomic E-state index is 9.60. The molecule has 9 aromatic heterocycles. The Hall–Kier alpha value is -18.7. The number of aryl methyl sites for hydroxylation is 1. The van der Waals surface area contributed by atoms with Crippen LogP contribution in [0, 0.1) is 42.7 Å². The first-order chi connectivity index (χ1) is 65.2. The van der Waals surface area contributed by atoms with E-state index in [1.54, 1.807) is 0 Å². The smallest absolute Gasteiger partial charge is 0.188 e. The van der Waals surface area contributed by atoms with Gasteiger partial charge in [0, 0.05) is 109 Å². The fraction of sp³-hybridized carbons (Fsp3) is 0.00840. The van der Waals surface area contributed by atoms with E-state index in [4.69, 9.17) is 26.4 Å². The summed E-state index contributed by atoms with van der Waals surface area (Å²) >= 11 is 0. The molecule has 0 saturated heterocycles. The van der Waals surface area contributed by atoms with E-state index in [1.807, 2.05) is 115 Å². The van der Waals surface area contributed by atoms with Crippen molar-refractivity contribution in [3.05, 3.63) is 434 Å². The monoisotopic (exact) mass is 1680 g/mol. The maximum atomic E-state index is 9.60.